The summed E-state index contributed by atoms with van der Waals surface area (Å²) in [6.45, 7) is 5.50. The van der Waals surface area contributed by atoms with Crippen molar-refractivity contribution in [3.8, 4) is 0 Å². The van der Waals surface area contributed by atoms with Gasteiger partial charge in [0.2, 0.25) is 0 Å². The lowest BCUT2D eigenvalue weighted by Crippen LogP contribution is -2.23. The highest BCUT2D eigenvalue weighted by atomic mass is 15.3. The zero-order valence-corrected chi connectivity index (χ0v) is 12.6. The highest BCUT2D eigenvalue weighted by Gasteiger charge is 2.14. The molecule has 0 amide bonds. The molecule has 0 saturated heterocycles. The molecule has 108 valence electrons. The minimum absolute atomic E-state index is 0.591. The molecule has 0 atom stereocenters. The highest BCUT2D eigenvalue weighted by Crippen LogP contribution is 2.26. The average molecular weight is 263 g/mol. The second kappa shape index (κ2) is 7.68. The fraction of sp³-hybridized carbons (Fsp3) is 0.812. The fourth-order valence-corrected chi connectivity index (χ4v) is 2.91. The van der Waals surface area contributed by atoms with Gasteiger partial charge in [0.15, 0.2) is 0 Å². The first-order valence-corrected chi connectivity index (χ1v) is 8.02. The van der Waals surface area contributed by atoms with Crippen molar-refractivity contribution in [3.63, 3.8) is 0 Å². The van der Waals surface area contributed by atoms with Crippen LogP contribution in [0.15, 0.2) is 12.4 Å². The Morgan fingerprint density at radius 3 is 2.68 bits per heavy atom. The zero-order valence-electron chi connectivity index (χ0n) is 12.6. The van der Waals surface area contributed by atoms with Gasteiger partial charge in [0.25, 0.3) is 0 Å². The van der Waals surface area contributed by atoms with Crippen molar-refractivity contribution < 1.29 is 0 Å². The second-order valence-electron chi connectivity index (χ2n) is 6.19. The van der Waals surface area contributed by atoms with E-state index in [4.69, 9.17) is 0 Å². The minimum atomic E-state index is 0.591. The van der Waals surface area contributed by atoms with Crippen LogP contribution in [0.1, 0.15) is 70.4 Å². The molecule has 1 aromatic heterocycles. The standard InChI is InChI=1S/C16H29N3/c1-14(2)17-11-7-8-15-12-18-19(13-15)16-9-5-3-4-6-10-16/h12-14,16-17H,3-11H2,1-2H3. The van der Waals surface area contributed by atoms with Crippen LogP contribution in [-0.2, 0) is 6.42 Å². The Kier molecular flexibility index (Phi) is 5.90. The number of hydrogen-bond donors (Lipinski definition) is 1. The summed E-state index contributed by atoms with van der Waals surface area (Å²) in [5.74, 6) is 0. The van der Waals surface area contributed by atoms with Gasteiger partial charge in [0.1, 0.15) is 0 Å². The van der Waals surface area contributed by atoms with Gasteiger partial charge < -0.3 is 5.32 Å². The summed E-state index contributed by atoms with van der Waals surface area (Å²) in [6.07, 6.45) is 14.9. The first kappa shape index (κ1) is 14.6. The predicted molar refractivity (Wildman–Crippen MR) is 80.4 cm³/mol. The summed E-state index contributed by atoms with van der Waals surface area (Å²) in [4.78, 5) is 0. The molecule has 1 heterocycles. The molecule has 3 nitrogen and oxygen atoms in total. The molecular weight excluding hydrogens is 234 g/mol. The van der Waals surface area contributed by atoms with Crippen molar-refractivity contribution in [2.75, 3.05) is 6.54 Å². The molecule has 1 N–H and O–H groups in total. The molecule has 0 spiro atoms. The van der Waals surface area contributed by atoms with Gasteiger partial charge in [-0.3, -0.25) is 4.68 Å². The highest BCUT2D eigenvalue weighted by molar-refractivity contribution is 5.04. The third-order valence-corrected chi connectivity index (χ3v) is 4.05. The van der Waals surface area contributed by atoms with Crippen LogP contribution < -0.4 is 5.32 Å². The number of nitrogens with one attached hydrogen (secondary N) is 1. The van der Waals surface area contributed by atoms with Crippen molar-refractivity contribution in [1.29, 1.82) is 0 Å². The van der Waals surface area contributed by atoms with E-state index in [1.54, 1.807) is 0 Å². The van der Waals surface area contributed by atoms with Gasteiger partial charge in [0.05, 0.1) is 12.2 Å². The summed E-state index contributed by atoms with van der Waals surface area (Å²) >= 11 is 0. The molecule has 19 heavy (non-hydrogen) atoms. The van der Waals surface area contributed by atoms with E-state index in [0.717, 1.165) is 13.0 Å². The second-order valence-corrected chi connectivity index (χ2v) is 6.19. The van der Waals surface area contributed by atoms with E-state index < -0.39 is 0 Å². The first-order chi connectivity index (χ1) is 9.25. The van der Waals surface area contributed by atoms with E-state index >= 15 is 0 Å². The average Bonchev–Trinajstić information content (AvgIpc) is 2.68. The molecule has 0 radical (unpaired) electrons. The topological polar surface area (TPSA) is 29.9 Å². The van der Waals surface area contributed by atoms with Crippen LogP contribution in [0.2, 0.25) is 0 Å². The van der Waals surface area contributed by atoms with Crippen molar-refractivity contribution in [1.82, 2.24) is 15.1 Å². The van der Waals surface area contributed by atoms with Crippen LogP contribution in [0.25, 0.3) is 0 Å². The van der Waals surface area contributed by atoms with E-state index in [2.05, 4.69) is 41.3 Å². The minimum Gasteiger partial charge on any atom is -0.315 e. The molecule has 0 aromatic carbocycles. The Morgan fingerprint density at radius 2 is 2.00 bits per heavy atom. The molecule has 2 rings (SSSR count). The molecular formula is C16H29N3. The Labute approximate surface area is 117 Å². The molecule has 1 aliphatic rings. The van der Waals surface area contributed by atoms with Gasteiger partial charge in [-0.05, 0) is 37.8 Å². The SMILES string of the molecule is CC(C)NCCCc1cnn(C2CCCCCC2)c1. The number of hydrogen-bond acceptors (Lipinski definition) is 2. The molecule has 1 fully saturated rings. The van der Waals surface area contributed by atoms with E-state index in [1.165, 1.54) is 50.5 Å². The number of nitrogens with zero attached hydrogens (tertiary/aromatic N) is 2. The molecule has 3 heteroatoms. The maximum absolute atomic E-state index is 4.59. The van der Waals surface area contributed by atoms with Crippen molar-refractivity contribution in [2.45, 2.75) is 77.3 Å². The lowest BCUT2D eigenvalue weighted by molar-refractivity contribution is 0.405. The Morgan fingerprint density at radius 1 is 1.26 bits per heavy atom. The van der Waals surface area contributed by atoms with Gasteiger partial charge in [-0.25, -0.2) is 0 Å². The van der Waals surface area contributed by atoms with Crippen molar-refractivity contribution in [2.24, 2.45) is 0 Å². The van der Waals surface area contributed by atoms with Crippen LogP contribution in [0, 0.1) is 0 Å². The molecule has 0 bridgehead atoms. The van der Waals surface area contributed by atoms with E-state index in [9.17, 15) is 0 Å². The summed E-state index contributed by atoms with van der Waals surface area (Å²) in [5, 5.41) is 8.06. The van der Waals surface area contributed by atoms with Gasteiger partial charge in [0, 0.05) is 12.2 Å². The van der Waals surface area contributed by atoms with Crippen LogP contribution >= 0.6 is 0 Å². The van der Waals surface area contributed by atoms with Crippen LogP contribution in [-0.4, -0.2) is 22.4 Å². The number of rotatable bonds is 6. The number of aromatic nitrogens is 2. The molecule has 0 aliphatic heterocycles. The molecule has 1 saturated carbocycles. The van der Waals surface area contributed by atoms with Gasteiger partial charge in [-0.2, -0.15) is 5.10 Å². The van der Waals surface area contributed by atoms with Gasteiger partial charge >= 0.3 is 0 Å². The predicted octanol–water partition coefficient (Wildman–Crippen LogP) is 3.71. The summed E-state index contributed by atoms with van der Waals surface area (Å²) in [5.41, 5.74) is 1.40. The Balaban J connectivity index is 1.77. The van der Waals surface area contributed by atoms with Crippen molar-refractivity contribution >= 4 is 0 Å². The smallest absolute Gasteiger partial charge is 0.0521 e. The van der Waals surface area contributed by atoms with Crippen molar-refractivity contribution in [3.05, 3.63) is 18.0 Å². The number of aryl methyl sites for hydroxylation is 1. The summed E-state index contributed by atoms with van der Waals surface area (Å²) in [6, 6.07) is 1.25. The molecule has 1 aliphatic carbocycles. The normalized spacial score (nSPS) is 17.8. The quantitative estimate of drug-likeness (QED) is 0.626. The van der Waals surface area contributed by atoms with E-state index in [1.807, 2.05) is 0 Å². The molecule has 0 unspecified atom stereocenters. The largest absolute Gasteiger partial charge is 0.315 e. The third kappa shape index (κ3) is 4.98. The van der Waals surface area contributed by atoms with E-state index in [-0.39, 0.29) is 0 Å². The van der Waals surface area contributed by atoms with Crippen LogP contribution in [0.5, 0.6) is 0 Å². The van der Waals surface area contributed by atoms with Gasteiger partial charge in [-0.1, -0.05) is 39.5 Å². The summed E-state index contributed by atoms with van der Waals surface area (Å²) < 4.78 is 2.23. The lowest BCUT2D eigenvalue weighted by atomic mass is 10.1. The Bertz CT molecular complexity index is 349. The fourth-order valence-electron chi connectivity index (χ4n) is 2.91. The lowest BCUT2D eigenvalue weighted by Gasteiger charge is -2.14. The van der Waals surface area contributed by atoms with Crippen LogP contribution in [0.4, 0.5) is 0 Å². The maximum Gasteiger partial charge on any atom is 0.0521 e. The molecule has 1 aromatic rings. The third-order valence-electron chi connectivity index (χ3n) is 4.05. The zero-order chi connectivity index (χ0) is 13.5. The van der Waals surface area contributed by atoms with Crippen LogP contribution in [0.3, 0.4) is 0 Å². The summed E-state index contributed by atoms with van der Waals surface area (Å²) in [7, 11) is 0. The monoisotopic (exact) mass is 263 g/mol. The first-order valence-electron chi connectivity index (χ1n) is 8.02. The van der Waals surface area contributed by atoms with E-state index in [0.29, 0.717) is 12.1 Å². The maximum atomic E-state index is 4.59. The van der Waals surface area contributed by atoms with Gasteiger partial charge in [-0.15, -0.1) is 0 Å². The Hall–Kier alpha value is -0.830.